The monoisotopic (exact) mass is 303 g/mol. The first-order valence-corrected chi connectivity index (χ1v) is 8.42. The number of sulfonamides is 1. The number of aliphatic hydroxyl groups excluding tert-OH is 1. The summed E-state index contributed by atoms with van der Waals surface area (Å²) in [6.07, 6.45) is 3.04. The molecule has 110 valence electrons. The molecular formula is C16H17NO3S. The summed E-state index contributed by atoms with van der Waals surface area (Å²) in [6, 6.07) is 12.1. The average molecular weight is 303 g/mol. The molecule has 0 unspecified atom stereocenters. The average Bonchev–Trinajstić information content (AvgIpc) is 2.95. The fraction of sp³-hybridized carbons (Fsp3) is 0.250. The molecule has 0 bridgehead atoms. The van der Waals surface area contributed by atoms with E-state index in [0.29, 0.717) is 11.3 Å². The Labute approximate surface area is 124 Å². The Morgan fingerprint density at radius 2 is 1.81 bits per heavy atom. The molecule has 0 aromatic heterocycles. The molecule has 0 spiro atoms. The van der Waals surface area contributed by atoms with Crippen molar-refractivity contribution >= 4 is 15.7 Å². The number of aliphatic hydroxyl groups is 1. The van der Waals surface area contributed by atoms with Gasteiger partial charge in [-0.1, -0.05) is 24.3 Å². The molecule has 0 aliphatic heterocycles. The van der Waals surface area contributed by atoms with Crippen molar-refractivity contribution in [2.45, 2.75) is 30.8 Å². The first-order chi connectivity index (χ1) is 10.1. The van der Waals surface area contributed by atoms with Gasteiger partial charge in [-0.05, 0) is 48.6 Å². The van der Waals surface area contributed by atoms with Crippen LogP contribution < -0.4 is 4.72 Å². The third-order valence-corrected chi connectivity index (χ3v) is 5.18. The highest BCUT2D eigenvalue weighted by Crippen LogP contribution is 2.26. The minimum Gasteiger partial charge on any atom is -0.392 e. The number of hydrogen-bond acceptors (Lipinski definition) is 3. The number of anilines is 1. The molecule has 0 heterocycles. The van der Waals surface area contributed by atoms with Gasteiger partial charge >= 0.3 is 0 Å². The molecule has 0 saturated heterocycles. The van der Waals surface area contributed by atoms with Gasteiger partial charge < -0.3 is 5.11 Å². The van der Waals surface area contributed by atoms with Gasteiger partial charge in [0.05, 0.1) is 17.2 Å². The summed E-state index contributed by atoms with van der Waals surface area (Å²) in [5.41, 5.74) is 3.33. The Morgan fingerprint density at radius 3 is 2.62 bits per heavy atom. The lowest BCUT2D eigenvalue weighted by atomic mass is 10.1. The predicted octanol–water partition coefficient (Wildman–Crippen LogP) is 2.47. The van der Waals surface area contributed by atoms with E-state index in [1.165, 1.54) is 5.56 Å². The van der Waals surface area contributed by atoms with Crippen molar-refractivity contribution in [3.05, 3.63) is 59.2 Å². The minimum atomic E-state index is -3.63. The van der Waals surface area contributed by atoms with E-state index in [0.717, 1.165) is 24.8 Å². The van der Waals surface area contributed by atoms with Gasteiger partial charge in [0, 0.05) is 5.56 Å². The lowest BCUT2D eigenvalue weighted by molar-refractivity contribution is 0.282. The van der Waals surface area contributed by atoms with Crippen LogP contribution in [0.5, 0.6) is 0 Å². The SMILES string of the molecule is O=S(=O)(Nc1ccccc1CO)c1ccc2c(c1)CCC2. The Morgan fingerprint density at radius 1 is 1.05 bits per heavy atom. The predicted molar refractivity (Wildman–Crippen MR) is 81.6 cm³/mol. The second-order valence-electron chi connectivity index (χ2n) is 5.20. The molecule has 1 aliphatic carbocycles. The largest absolute Gasteiger partial charge is 0.392 e. The normalized spacial score (nSPS) is 14.0. The van der Waals surface area contributed by atoms with Crippen molar-refractivity contribution in [3.63, 3.8) is 0 Å². The smallest absolute Gasteiger partial charge is 0.261 e. The third kappa shape index (κ3) is 2.80. The van der Waals surface area contributed by atoms with Gasteiger partial charge in [-0.15, -0.1) is 0 Å². The number of aryl methyl sites for hydroxylation is 2. The number of nitrogens with one attached hydrogen (secondary N) is 1. The van der Waals surface area contributed by atoms with E-state index in [2.05, 4.69) is 4.72 Å². The third-order valence-electron chi connectivity index (χ3n) is 3.81. The fourth-order valence-electron chi connectivity index (χ4n) is 2.68. The van der Waals surface area contributed by atoms with Crippen molar-refractivity contribution in [1.82, 2.24) is 0 Å². The van der Waals surface area contributed by atoms with E-state index in [-0.39, 0.29) is 11.5 Å². The number of benzene rings is 2. The van der Waals surface area contributed by atoms with Gasteiger partial charge in [-0.3, -0.25) is 4.72 Å². The summed E-state index contributed by atoms with van der Waals surface area (Å²) in [6.45, 7) is -0.205. The molecule has 2 N–H and O–H groups in total. The molecule has 0 atom stereocenters. The Balaban J connectivity index is 1.94. The van der Waals surface area contributed by atoms with Crippen LogP contribution in [0.2, 0.25) is 0 Å². The van der Waals surface area contributed by atoms with E-state index >= 15 is 0 Å². The van der Waals surface area contributed by atoms with Gasteiger partial charge in [0.15, 0.2) is 0 Å². The van der Waals surface area contributed by atoms with E-state index < -0.39 is 10.0 Å². The minimum absolute atomic E-state index is 0.205. The van der Waals surface area contributed by atoms with Crippen molar-refractivity contribution in [3.8, 4) is 0 Å². The maximum atomic E-state index is 12.5. The zero-order chi connectivity index (χ0) is 14.9. The molecule has 1 aliphatic rings. The Kier molecular flexibility index (Phi) is 3.69. The van der Waals surface area contributed by atoms with Crippen molar-refractivity contribution in [1.29, 1.82) is 0 Å². The quantitative estimate of drug-likeness (QED) is 0.912. The van der Waals surface area contributed by atoms with Crippen molar-refractivity contribution < 1.29 is 13.5 Å². The fourth-order valence-corrected chi connectivity index (χ4v) is 3.83. The lowest BCUT2D eigenvalue weighted by Crippen LogP contribution is -2.14. The topological polar surface area (TPSA) is 66.4 Å². The van der Waals surface area contributed by atoms with Gasteiger partial charge in [0.2, 0.25) is 0 Å². The van der Waals surface area contributed by atoms with Gasteiger partial charge in [0.1, 0.15) is 0 Å². The molecule has 0 radical (unpaired) electrons. The summed E-state index contributed by atoms with van der Waals surface area (Å²) >= 11 is 0. The number of para-hydroxylation sites is 1. The maximum Gasteiger partial charge on any atom is 0.261 e. The van der Waals surface area contributed by atoms with Crippen LogP contribution in [-0.4, -0.2) is 13.5 Å². The Bertz CT molecular complexity index is 769. The van der Waals surface area contributed by atoms with Crippen LogP contribution in [0.25, 0.3) is 0 Å². The first-order valence-electron chi connectivity index (χ1n) is 6.93. The highest BCUT2D eigenvalue weighted by atomic mass is 32.2. The maximum absolute atomic E-state index is 12.5. The first kappa shape index (κ1) is 14.1. The summed E-state index contributed by atoms with van der Waals surface area (Å²) in [4.78, 5) is 0.274. The van der Waals surface area contributed by atoms with Crippen LogP contribution in [0.15, 0.2) is 47.4 Å². The van der Waals surface area contributed by atoms with Crippen LogP contribution in [0, 0.1) is 0 Å². The molecule has 4 nitrogen and oxygen atoms in total. The van der Waals surface area contributed by atoms with Crippen LogP contribution in [0.1, 0.15) is 23.1 Å². The summed E-state index contributed by atoms with van der Waals surface area (Å²) < 4.78 is 27.5. The highest BCUT2D eigenvalue weighted by Gasteiger charge is 2.19. The summed E-state index contributed by atoms with van der Waals surface area (Å²) in [5, 5.41) is 9.28. The zero-order valence-electron chi connectivity index (χ0n) is 11.5. The molecule has 3 rings (SSSR count). The second kappa shape index (κ2) is 5.50. The molecule has 0 saturated carbocycles. The van der Waals surface area contributed by atoms with E-state index in [1.54, 1.807) is 36.4 Å². The molecular weight excluding hydrogens is 286 g/mol. The Hall–Kier alpha value is -1.85. The van der Waals surface area contributed by atoms with Crippen LogP contribution in [-0.2, 0) is 29.5 Å². The van der Waals surface area contributed by atoms with Gasteiger partial charge in [-0.2, -0.15) is 0 Å². The lowest BCUT2D eigenvalue weighted by Gasteiger charge is -2.12. The number of rotatable bonds is 4. The van der Waals surface area contributed by atoms with Crippen molar-refractivity contribution in [2.24, 2.45) is 0 Å². The number of fused-ring (bicyclic) bond motifs is 1. The molecule has 5 heteroatoms. The van der Waals surface area contributed by atoms with Crippen LogP contribution in [0.3, 0.4) is 0 Å². The molecule has 21 heavy (non-hydrogen) atoms. The van der Waals surface area contributed by atoms with Crippen LogP contribution in [0.4, 0.5) is 5.69 Å². The standard InChI is InChI=1S/C16H17NO3S/c18-11-14-4-1-2-7-16(14)17-21(19,20)15-9-8-12-5-3-6-13(12)10-15/h1-2,4,7-10,17-18H,3,5-6,11H2. The molecule has 0 fully saturated rings. The number of hydrogen-bond donors (Lipinski definition) is 2. The molecule has 2 aromatic carbocycles. The van der Waals surface area contributed by atoms with Crippen molar-refractivity contribution in [2.75, 3.05) is 4.72 Å². The van der Waals surface area contributed by atoms with E-state index in [9.17, 15) is 13.5 Å². The summed E-state index contributed by atoms with van der Waals surface area (Å²) in [5.74, 6) is 0. The van der Waals surface area contributed by atoms with Gasteiger partial charge in [0.25, 0.3) is 10.0 Å². The van der Waals surface area contributed by atoms with Crippen LogP contribution >= 0.6 is 0 Å². The van der Waals surface area contributed by atoms with E-state index in [1.807, 2.05) is 6.07 Å². The van der Waals surface area contributed by atoms with Gasteiger partial charge in [-0.25, -0.2) is 8.42 Å². The molecule has 2 aromatic rings. The highest BCUT2D eigenvalue weighted by molar-refractivity contribution is 7.92. The molecule has 0 amide bonds. The summed E-state index contributed by atoms with van der Waals surface area (Å²) in [7, 11) is -3.63. The van der Waals surface area contributed by atoms with E-state index in [4.69, 9.17) is 0 Å². The second-order valence-corrected chi connectivity index (χ2v) is 6.89. The zero-order valence-corrected chi connectivity index (χ0v) is 12.4.